The Bertz CT molecular complexity index is 904. The van der Waals surface area contributed by atoms with E-state index in [1.54, 1.807) is 17.5 Å². The van der Waals surface area contributed by atoms with Crippen LogP contribution in [0.5, 0.6) is 0 Å². The van der Waals surface area contributed by atoms with Gasteiger partial charge in [-0.1, -0.05) is 23.9 Å². The number of piperazine rings is 1. The van der Waals surface area contributed by atoms with Gasteiger partial charge < -0.3 is 14.4 Å². The van der Waals surface area contributed by atoms with Crippen LogP contribution in [0.25, 0.3) is 0 Å². The molecule has 1 aliphatic heterocycles. The van der Waals surface area contributed by atoms with Gasteiger partial charge in [-0.3, -0.25) is 4.79 Å². The molecule has 4 heterocycles. The second kappa shape index (κ2) is 8.74. The third kappa shape index (κ3) is 4.36. The van der Waals surface area contributed by atoms with E-state index in [0.29, 0.717) is 5.75 Å². The van der Waals surface area contributed by atoms with Crippen LogP contribution in [0.3, 0.4) is 0 Å². The summed E-state index contributed by atoms with van der Waals surface area (Å²) in [5.74, 6) is 2.42. The number of hydrogen-bond acceptors (Lipinski definition) is 7. The number of aromatic nitrogens is 4. The van der Waals surface area contributed by atoms with Gasteiger partial charge in [-0.2, -0.15) is 0 Å². The van der Waals surface area contributed by atoms with Crippen LogP contribution in [-0.4, -0.2) is 62.5 Å². The monoisotopic (exact) mass is 414 g/mol. The lowest BCUT2D eigenvalue weighted by Gasteiger charge is -2.35. The van der Waals surface area contributed by atoms with Gasteiger partial charge >= 0.3 is 0 Å². The van der Waals surface area contributed by atoms with Crippen molar-refractivity contribution in [3.05, 3.63) is 52.6 Å². The lowest BCUT2D eigenvalue weighted by molar-refractivity contribution is -0.128. The summed E-state index contributed by atoms with van der Waals surface area (Å²) < 4.78 is 1.98. The average Bonchev–Trinajstić information content (AvgIpc) is 3.38. The molecule has 1 amide bonds. The van der Waals surface area contributed by atoms with E-state index >= 15 is 0 Å². The highest BCUT2D eigenvalue weighted by Crippen LogP contribution is 2.20. The Morgan fingerprint density at radius 3 is 2.71 bits per heavy atom. The molecule has 28 heavy (non-hydrogen) atoms. The zero-order valence-electron chi connectivity index (χ0n) is 15.7. The van der Waals surface area contributed by atoms with Crippen LogP contribution < -0.4 is 4.90 Å². The van der Waals surface area contributed by atoms with Crippen LogP contribution in [-0.2, 0) is 18.3 Å². The summed E-state index contributed by atoms with van der Waals surface area (Å²) in [4.78, 5) is 22.4. The van der Waals surface area contributed by atoms with Crippen molar-refractivity contribution in [2.45, 2.75) is 11.6 Å². The van der Waals surface area contributed by atoms with E-state index in [4.69, 9.17) is 0 Å². The third-order valence-electron chi connectivity index (χ3n) is 4.77. The second-order valence-electron chi connectivity index (χ2n) is 6.56. The fourth-order valence-electron chi connectivity index (χ4n) is 3.14. The van der Waals surface area contributed by atoms with E-state index in [1.165, 1.54) is 16.6 Å². The van der Waals surface area contributed by atoms with Crippen molar-refractivity contribution in [2.75, 3.05) is 36.8 Å². The Morgan fingerprint density at radius 2 is 2.00 bits per heavy atom. The number of carbonyl (C=O) groups is 1. The van der Waals surface area contributed by atoms with Gasteiger partial charge in [0.25, 0.3) is 0 Å². The van der Waals surface area contributed by atoms with Crippen LogP contribution in [0.2, 0.25) is 0 Å². The smallest absolute Gasteiger partial charge is 0.233 e. The molecule has 4 rings (SSSR count). The molecule has 0 radical (unpaired) electrons. The van der Waals surface area contributed by atoms with Crippen molar-refractivity contribution in [2.24, 2.45) is 7.05 Å². The quantitative estimate of drug-likeness (QED) is 0.577. The SMILES string of the molecule is Cn1c(Cc2cccs2)nnc1SCC(=O)N1CCN(c2ccccn2)CC1. The maximum Gasteiger partial charge on any atom is 0.233 e. The van der Waals surface area contributed by atoms with E-state index in [2.05, 4.69) is 31.5 Å². The molecule has 7 nitrogen and oxygen atoms in total. The van der Waals surface area contributed by atoms with Crippen LogP contribution >= 0.6 is 23.1 Å². The molecule has 1 saturated heterocycles. The summed E-state index contributed by atoms with van der Waals surface area (Å²) in [6, 6.07) is 10.1. The first-order valence-electron chi connectivity index (χ1n) is 9.18. The second-order valence-corrected chi connectivity index (χ2v) is 8.53. The van der Waals surface area contributed by atoms with Crippen molar-refractivity contribution in [1.82, 2.24) is 24.6 Å². The lowest BCUT2D eigenvalue weighted by atomic mass is 10.3. The summed E-state index contributed by atoms with van der Waals surface area (Å²) >= 11 is 3.17. The number of thiophene rings is 1. The van der Waals surface area contributed by atoms with Gasteiger partial charge in [-0.25, -0.2) is 4.98 Å². The minimum absolute atomic E-state index is 0.147. The molecule has 0 saturated carbocycles. The molecule has 0 bridgehead atoms. The zero-order valence-corrected chi connectivity index (χ0v) is 17.3. The molecule has 0 aliphatic carbocycles. The van der Waals surface area contributed by atoms with Gasteiger partial charge in [0.1, 0.15) is 11.6 Å². The number of thioether (sulfide) groups is 1. The molecule has 3 aromatic heterocycles. The van der Waals surface area contributed by atoms with Crippen molar-refractivity contribution in [3.8, 4) is 0 Å². The van der Waals surface area contributed by atoms with Gasteiger partial charge in [-0.15, -0.1) is 21.5 Å². The molecular weight excluding hydrogens is 392 g/mol. The normalized spacial score (nSPS) is 14.5. The maximum absolute atomic E-state index is 12.6. The van der Waals surface area contributed by atoms with E-state index < -0.39 is 0 Å². The number of nitrogens with zero attached hydrogens (tertiary/aromatic N) is 6. The Balaban J connectivity index is 1.28. The minimum atomic E-state index is 0.147. The fourth-order valence-corrected chi connectivity index (χ4v) is 4.67. The molecule has 1 aliphatic rings. The molecular formula is C19H22N6OS2. The Kier molecular flexibility index (Phi) is 5.92. The number of carbonyl (C=O) groups excluding carboxylic acids is 1. The van der Waals surface area contributed by atoms with Crippen molar-refractivity contribution in [3.63, 3.8) is 0 Å². The molecule has 0 unspecified atom stereocenters. The molecule has 3 aromatic rings. The van der Waals surface area contributed by atoms with Gasteiger partial charge in [-0.05, 0) is 23.6 Å². The summed E-state index contributed by atoms with van der Waals surface area (Å²) in [5, 5.41) is 11.4. The molecule has 146 valence electrons. The summed E-state index contributed by atoms with van der Waals surface area (Å²) in [5.41, 5.74) is 0. The Hall–Kier alpha value is -2.39. The first kappa shape index (κ1) is 18.9. The van der Waals surface area contributed by atoms with E-state index in [-0.39, 0.29) is 5.91 Å². The molecule has 0 N–H and O–H groups in total. The average molecular weight is 415 g/mol. The standard InChI is InChI=1S/C19H22N6OS2/c1-23-17(13-15-5-4-12-27-15)21-22-19(23)28-14-18(26)25-10-8-24(9-11-25)16-6-2-3-7-20-16/h2-7,12H,8-11,13-14H2,1H3. The largest absolute Gasteiger partial charge is 0.353 e. The van der Waals surface area contributed by atoms with Crippen molar-refractivity contribution < 1.29 is 4.79 Å². The summed E-state index contributed by atoms with van der Waals surface area (Å²) in [7, 11) is 1.96. The molecule has 0 spiro atoms. The predicted octanol–water partition coefficient (Wildman–Crippen LogP) is 2.30. The first-order chi connectivity index (χ1) is 13.7. The van der Waals surface area contributed by atoms with E-state index in [1.807, 2.05) is 40.8 Å². The van der Waals surface area contributed by atoms with Crippen LogP contribution in [0.1, 0.15) is 10.7 Å². The van der Waals surface area contributed by atoms with E-state index in [0.717, 1.165) is 49.4 Å². The van der Waals surface area contributed by atoms with Crippen molar-refractivity contribution in [1.29, 1.82) is 0 Å². The highest BCUT2D eigenvalue weighted by atomic mass is 32.2. The minimum Gasteiger partial charge on any atom is -0.353 e. The van der Waals surface area contributed by atoms with Gasteiger partial charge in [0.15, 0.2) is 5.16 Å². The van der Waals surface area contributed by atoms with Crippen LogP contribution in [0.15, 0.2) is 47.1 Å². The van der Waals surface area contributed by atoms with Crippen LogP contribution in [0, 0.1) is 0 Å². The van der Waals surface area contributed by atoms with Gasteiger partial charge in [0, 0.05) is 50.7 Å². The summed E-state index contributed by atoms with van der Waals surface area (Å²) in [6.45, 7) is 3.06. The summed E-state index contributed by atoms with van der Waals surface area (Å²) in [6.07, 6.45) is 2.57. The van der Waals surface area contributed by atoms with Gasteiger partial charge in [0.2, 0.25) is 5.91 Å². The molecule has 0 aromatic carbocycles. The highest BCUT2D eigenvalue weighted by Gasteiger charge is 2.22. The topological polar surface area (TPSA) is 67.2 Å². The lowest BCUT2D eigenvalue weighted by Crippen LogP contribution is -2.49. The number of anilines is 1. The number of rotatable bonds is 6. The van der Waals surface area contributed by atoms with Crippen molar-refractivity contribution >= 4 is 34.8 Å². The molecule has 0 atom stereocenters. The Morgan fingerprint density at radius 1 is 1.14 bits per heavy atom. The Labute approximate surface area is 172 Å². The molecule has 9 heteroatoms. The highest BCUT2D eigenvalue weighted by molar-refractivity contribution is 7.99. The third-order valence-corrected chi connectivity index (χ3v) is 6.65. The van der Waals surface area contributed by atoms with Gasteiger partial charge in [0.05, 0.1) is 5.75 Å². The number of pyridine rings is 1. The maximum atomic E-state index is 12.6. The fraction of sp³-hybridized carbons (Fsp3) is 0.368. The first-order valence-corrected chi connectivity index (χ1v) is 11.0. The number of amides is 1. The zero-order chi connectivity index (χ0) is 19.3. The van der Waals surface area contributed by atoms with E-state index in [9.17, 15) is 4.79 Å². The van der Waals surface area contributed by atoms with Crippen LogP contribution in [0.4, 0.5) is 5.82 Å². The molecule has 1 fully saturated rings. The number of hydrogen-bond donors (Lipinski definition) is 0. The predicted molar refractivity (Wildman–Crippen MR) is 112 cm³/mol.